The van der Waals surface area contributed by atoms with Crippen molar-refractivity contribution in [2.24, 2.45) is 5.92 Å². The molecule has 0 heterocycles. The topological polar surface area (TPSA) is 15.3 Å². The van der Waals surface area contributed by atoms with Crippen molar-refractivity contribution in [3.05, 3.63) is 0 Å². The number of nitrogens with zero attached hydrogens (tertiary/aromatic N) is 1. The Labute approximate surface area is 71.0 Å². The summed E-state index contributed by atoms with van der Waals surface area (Å²) in [5, 5.41) is 3.19. The van der Waals surface area contributed by atoms with Crippen LogP contribution in [0.1, 0.15) is 20.8 Å². The summed E-state index contributed by atoms with van der Waals surface area (Å²) < 4.78 is 0. The first-order chi connectivity index (χ1) is 5.07. The monoisotopic (exact) mass is 158 g/mol. The molecule has 0 aromatic rings. The van der Waals surface area contributed by atoms with Crippen molar-refractivity contribution in [1.29, 1.82) is 0 Å². The molecule has 2 heteroatoms. The van der Waals surface area contributed by atoms with Gasteiger partial charge in [0.25, 0.3) is 0 Å². The van der Waals surface area contributed by atoms with E-state index in [1.54, 1.807) is 0 Å². The molecule has 0 aliphatic heterocycles. The minimum atomic E-state index is 0.661. The van der Waals surface area contributed by atoms with Crippen molar-refractivity contribution in [1.82, 2.24) is 10.2 Å². The Hall–Kier alpha value is -0.0800. The molecule has 0 amide bonds. The molecule has 11 heavy (non-hydrogen) atoms. The minimum Gasteiger partial charge on any atom is -0.319 e. The molecule has 0 fully saturated rings. The lowest BCUT2D eigenvalue weighted by Crippen LogP contribution is -2.34. The van der Waals surface area contributed by atoms with Gasteiger partial charge in [0.05, 0.1) is 0 Å². The van der Waals surface area contributed by atoms with Crippen LogP contribution in [-0.4, -0.2) is 38.1 Å². The highest BCUT2D eigenvalue weighted by molar-refractivity contribution is 4.63. The van der Waals surface area contributed by atoms with E-state index in [-0.39, 0.29) is 0 Å². The summed E-state index contributed by atoms with van der Waals surface area (Å²) in [6.07, 6.45) is 0. The molecule has 0 spiro atoms. The summed E-state index contributed by atoms with van der Waals surface area (Å²) in [4.78, 5) is 2.38. The van der Waals surface area contributed by atoms with Gasteiger partial charge in [-0.15, -0.1) is 0 Å². The third-order valence-electron chi connectivity index (χ3n) is 2.03. The van der Waals surface area contributed by atoms with Crippen LogP contribution in [-0.2, 0) is 0 Å². The van der Waals surface area contributed by atoms with Gasteiger partial charge in [-0.2, -0.15) is 0 Å². The van der Waals surface area contributed by atoms with Crippen molar-refractivity contribution in [3.63, 3.8) is 0 Å². The van der Waals surface area contributed by atoms with Crippen LogP contribution in [0.3, 0.4) is 0 Å². The lowest BCUT2D eigenvalue weighted by molar-refractivity contribution is 0.236. The summed E-state index contributed by atoms with van der Waals surface area (Å²) >= 11 is 0. The maximum absolute atomic E-state index is 3.19. The highest BCUT2D eigenvalue weighted by Gasteiger charge is 2.07. The van der Waals surface area contributed by atoms with E-state index in [0.29, 0.717) is 6.04 Å². The molecule has 0 aliphatic rings. The van der Waals surface area contributed by atoms with Gasteiger partial charge in [0.15, 0.2) is 0 Å². The van der Waals surface area contributed by atoms with E-state index in [2.05, 4.69) is 38.0 Å². The Morgan fingerprint density at radius 1 is 1.27 bits per heavy atom. The molecule has 1 N–H and O–H groups in total. The molecule has 0 aromatic carbocycles. The van der Waals surface area contributed by atoms with Gasteiger partial charge in [-0.1, -0.05) is 6.92 Å². The van der Waals surface area contributed by atoms with Crippen LogP contribution in [0.4, 0.5) is 0 Å². The number of rotatable bonds is 5. The van der Waals surface area contributed by atoms with Crippen LogP contribution in [0.25, 0.3) is 0 Å². The predicted molar refractivity (Wildman–Crippen MR) is 50.9 cm³/mol. The average Bonchev–Trinajstić information content (AvgIpc) is 1.87. The Morgan fingerprint density at radius 2 is 1.82 bits per heavy atom. The maximum atomic E-state index is 3.19. The normalized spacial score (nSPS) is 14.5. The van der Waals surface area contributed by atoms with Crippen molar-refractivity contribution < 1.29 is 0 Å². The van der Waals surface area contributed by atoms with Crippen molar-refractivity contribution >= 4 is 0 Å². The van der Waals surface area contributed by atoms with Crippen LogP contribution >= 0.6 is 0 Å². The summed E-state index contributed by atoms with van der Waals surface area (Å²) in [5.74, 6) is 0.743. The molecular weight excluding hydrogens is 136 g/mol. The van der Waals surface area contributed by atoms with Gasteiger partial charge in [0.2, 0.25) is 0 Å². The second kappa shape index (κ2) is 5.56. The van der Waals surface area contributed by atoms with Crippen molar-refractivity contribution in [3.8, 4) is 0 Å². The van der Waals surface area contributed by atoms with E-state index in [4.69, 9.17) is 0 Å². The van der Waals surface area contributed by atoms with Crippen LogP contribution in [0.15, 0.2) is 0 Å². The third kappa shape index (κ3) is 5.22. The average molecular weight is 158 g/mol. The molecule has 0 saturated carbocycles. The summed E-state index contributed by atoms with van der Waals surface area (Å²) in [7, 11) is 4.18. The first-order valence-electron chi connectivity index (χ1n) is 4.42. The lowest BCUT2D eigenvalue weighted by atomic mass is 10.1. The second-order valence-corrected chi connectivity index (χ2v) is 3.70. The largest absolute Gasteiger partial charge is 0.319 e. The standard InChI is InChI=1S/C9H22N2/c1-8(2)11(5)7-9(3)6-10-4/h8-10H,6-7H2,1-5H3. The van der Waals surface area contributed by atoms with Crippen molar-refractivity contribution in [2.75, 3.05) is 27.2 Å². The van der Waals surface area contributed by atoms with Crippen molar-refractivity contribution in [2.45, 2.75) is 26.8 Å². The lowest BCUT2D eigenvalue weighted by Gasteiger charge is -2.24. The Kier molecular flexibility index (Phi) is 5.51. The Bertz CT molecular complexity index is 91.6. The fourth-order valence-electron chi connectivity index (χ4n) is 1.12. The summed E-state index contributed by atoms with van der Waals surface area (Å²) in [6, 6.07) is 0.661. The molecule has 0 rings (SSSR count). The highest BCUT2D eigenvalue weighted by atomic mass is 15.1. The molecule has 68 valence electrons. The molecule has 2 nitrogen and oxygen atoms in total. The molecule has 1 unspecified atom stereocenters. The molecular formula is C9H22N2. The van der Waals surface area contributed by atoms with E-state index in [1.807, 2.05) is 7.05 Å². The van der Waals surface area contributed by atoms with Gasteiger partial charge in [0.1, 0.15) is 0 Å². The van der Waals surface area contributed by atoms with Crippen LogP contribution in [0.5, 0.6) is 0 Å². The summed E-state index contributed by atoms with van der Waals surface area (Å²) in [6.45, 7) is 9.02. The SMILES string of the molecule is CNCC(C)CN(C)C(C)C. The zero-order chi connectivity index (χ0) is 8.85. The fraction of sp³-hybridized carbons (Fsp3) is 1.00. The van der Waals surface area contributed by atoms with Gasteiger partial charge < -0.3 is 10.2 Å². The highest BCUT2D eigenvalue weighted by Crippen LogP contribution is 2.00. The molecule has 0 bridgehead atoms. The zero-order valence-corrected chi connectivity index (χ0v) is 8.52. The van der Waals surface area contributed by atoms with E-state index in [0.717, 1.165) is 12.5 Å². The Balaban J connectivity index is 3.48. The third-order valence-corrected chi connectivity index (χ3v) is 2.03. The van der Waals surface area contributed by atoms with Crippen LogP contribution in [0.2, 0.25) is 0 Å². The predicted octanol–water partition coefficient (Wildman–Crippen LogP) is 1.18. The Morgan fingerprint density at radius 3 is 2.18 bits per heavy atom. The molecule has 0 aliphatic carbocycles. The summed E-state index contributed by atoms with van der Waals surface area (Å²) in [5.41, 5.74) is 0. The number of nitrogens with one attached hydrogen (secondary N) is 1. The molecule has 0 aromatic heterocycles. The van der Waals surface area contributed by atoms with Gasteiger partial charge >= 0.3 is 0 Å². The van der Waals surface area contributed by atoms with Gasteiger partial charge in [-0.3, -0.25) is 0 Å². The smallest absolute Gasteiger partial charge is 0.00356 e. The first-order valence-corrected chi connectivity index (χ1v) is 4.42. The number of hydrogen-bond acceptors (Lipinski definition) is 2. The zero-order valence-electron chi connectivity index (χ0n) is 8.52. The molecule has 1 atom stereocenters. The van der Waals surface area contributed by atoms with Gasteiger partial charge in [0, 0.05) is 12.6 Å². The quantitative estimate of drug-likeness (QED) is 0.646. The maximum Gasteiger partial charge on any atom is 0.00356 e. The minimum absolute atomic E-state index is 0.661. The van der Waals surface area contributed by atoms with E-state index >= 15 is 0 Å². The van der Waals surface area contributed by atoms with E-state index < -0.39 is 0 Å². The molecule has 0 saturated heterocycles. The van der Waals surface area contributed by atoms with E-state index in [1.165, 1.54) is 6.54 Å². The first kappa shape index (κ1) is 10.9. The second-order valence-electron chi connectivity index (χ2n) is 3.70. The van der Waals surface area contributed by atoms with Gasteiger partial charge in [-0.05, 0) is 40.4 Å². The van der Waals surface area contributed by atoms with Gasteiger partial charge in [-0.25, -0.2) is 0 Å². The fourth-order valence-corrected chi connectivity index (χ4v) is 1.12. The van der Waals surface area contributed by atoms with Crippen LogP contribution in [0, 0.1) is 5.92 Å². The van der Waals surface area contributed by atoms with E-state index in [9.17, 15) is 0 Å². The number of hydrogen-bond donors (Lipinski definition) is 1. The molecule has 0 radical (unpaired) electrons. The van der Waals surface area contributed by atoms with Crippen LogP contribution < -0.4 is 5.32 Å².